The summed E-state index contributed by atoms with van der Waals surface area (Å²) in [5, 5.41) is 0. The van der Waals surface area contributed by atoms with Crippen molar-refractivity contribution >= 4 is 21.6 Å². The fourth-order valence-corrected chi connectivity index (χ4v) is 4.56. The zero-order valence-corrected chi connectivity index (χ0v) is 14.0. The highest BCUT2D eigenvalue weighted by Crippen LogP contribution is 2.36. The Morgan fingerprint density at radius 2 is 1.81 bits per heavy atom. The maximum Gasteiger partial charge on any atom is 0.244 e. The minimum Gasteiger partial charge on any atom is -0.349 e. The van der Waals surface area contributed by atoms with E-state index in [1.165, 1.54) is 25.7 Å². The number of halogens is 1. The van der Waals surface area contributed by atoms with Gasteiger partial charge in [-0.1, -0.05) is 0 Å². The molecular formula is C15H23ClN2O2S. The molecule has 118 valence electrons. The van der Waals surface area contributed by atoms with Crippen LogP contribution >= 0.6 is 11.6 Å². The number of hydrogen-bond acceptors (Lipinski definition) is 2. The Bertz CT molecular complexity index is 568. The van der Waals surface area contributed by atoms with E-state index in [9.17, 15) is 8.42 Å². The normalized spacial score (nSPS) is 19.4. The molecule has 21 heavy (non-hydrogen) atoms. The van der Waals surface area contributed by atoms with Crippen molar-refractivity contribution in [2.24, 2.45) is 11.8 Å². The number of aryl methyl sites for hydroxylation is 1. The van der Waals surface area contributed by atoms with E-state index in [1.807, 2.05) is 11.5 Å². The van der Waals surface area contributed by atoms with Crippen LogP contribution in [0.1, 0.15) is 38.3 Å². The molecule has 0 unspecified atom stereocenters. The van der Waals surface area contributed by atoms with Crippen molar-refractivity contribution < 1.29 is 8.42 Å². The van der Waals surface area contributed by atoms with Crippen LogP contribution in [0.15, 0.2) is 17.2 Å². The summed E-state index contributed by atoms with van der Waals surface area (Å²) in [6, 6.07) is 1.73. The van der Waals surface area contributed by atoms with Crippen LogP contribution < -0.4 is 0 Å². The van der Waals surface area contributed by atoms with Crippen LogP contribution in [0.5, 0.6) is 0 Å². The lowest BCUT2D eigenvalue weighted by Crippen LogP contribution is -2.34. The maximum absolute atomic E-state index is 12.9. The molecule has 0 aliphatic heterocycles. The Balaban J connectivity index is 1.85. The molecule has 1 aromatic heterocycles. The van der Waals surface area contributed by atoms with Crippen LogP contribution in [-0.2, 0) is 22.4 Å². The molecule has 0 radical (unpaired) electrons. The SMILES string of the molecule is CCn1cc(S(=O)(=O)N(CC2CC2)CC2CC2)cc1CCl. The van der Waals surface area contributed by atoms with Gasteiger partial charge in [0.2, 0.25) is 10.0 Å². The van der Waals surface area contributed by atoms with E-state index in [4.69, 9.17) is 11.6 Å². The Labute approximate surface area is 132 Å². The van der Waals surface area contributed by atoms with Crippen LogP contribution in [-0.4, -0.2) is 30.4 Å². The minimum atomic E-state index is -3.38. The Kier molecular flexibility index (Phi) is 4.35. The van der Waals surface area contributed by atoms with Gasteiger partial charge in [-0.2, -0.15) is 4.31 Å². The van der Waals surface area contributed by atoms with Gasteiger partial charge >= 0.3 is 0 Å². The Morgan fingerprint density at radius 3 is 2.19 bits per heavy atom. The summed E-state index contributed by atoms with van der Waals surface area (Å²) in [7, 11) is -3.38. The van der Waals surface area contributed by atoms with Crippen LogP contribution in [0.4, 0.5) is 0 Å². The first-order chi connectivity index (χ1) is 10.0. The second kappa shape index (κ2) is 5.94. The lowest BCUT2D eigenvalue weighted by Gasteiger charge is -2.21. The summed E-state index contributed by atoms with van der Waals surface area (Å²) in [6.07, 6.45) is 6.40. The highest BCUT2D eigenvalue weighted by Gasteiger charge is 2.36. The average Bonchev–Trinajstić information content (AvgIpc) is 3.38. The summed E-state index contributed by atoms with van der Waals surface area (Å²) in [5.41, 5.74) is 0.871. The molecule has 0 spiro atoms. The second-order valence-corrected chi connectivity index (χ2v) is 8.50. The van der Waals surface area contributed by atoms with Gasteiger partial charge in [-0.15, -0.1) is 11.6 Å². The molecule has 1 heterocycles. The molecule has 2 aliphatic carbocycles. The van der Waals surface area contributed by atoms with Crippen LogP contribution in [0.3, 0.4) is 0 Å². The molecule has 0 saturated heterocycles. The standard InChI is InChI=1S/C15H23ClN2O2S/c1-2-17-11-15(7-14(17)8-16)21(19,20)18(9-12-3-4-12)10-13-5-6-13/h7,11-13H,2-6,8-10H2,1H3. The monoisotopic (exact) mass is 330 g/mol. The third kappa shape index (κ3) is 3.46. The number of rotatable bonds is 8. The van der Waals surface area contributed by atoms with E-state index in [1.54, 1.807) is 16.6 Å². The number of alkyl halides is 1. The minimum absolute atomic E-state index is 0.342. The largest absolute Gasteiger partial charge is 0.349 e. The van der Waals surface area contributed by atoms with Crippen LogP contribution in [0, 0.1) is 11.8 Å². The van der Waals surface area contributed by atoms with Gasteiger partial charge in [-0.3, -0.25) is 0 Å². The summed E-state index contributed by atoms with van der Waals surface area (Å²) >= 11 is 5.91. The van der Waals surface area contributed by atoms with Crippen LogP contribution in [0.2, 0.25) is 0 Å². The first-order valence-corrected chi connectivity index (χ1v) is 9.77. The van der Waals surface area contributed by atoms with Gasteiger partial charge in [0.25, 0.3) is 0 Å². The predicted molar refractivity (Wildman–Crippen MR) is 83.9 cm³/mol. The van der Waals surface area contributed by atoms with E-state index in [0.717, 1.165) is 12.2 Å². The lowest BCUT2D eigenvalue weighted by atomic mass is 10.4. The number of nitrogens with zero attached hydrogens (tertiary/aromatic N) is 2. The molecule has 0 amide bonds. The van der Waals surface area contributed by atoms with Gasteiger partial charge in [0.1, 0.15) is 4.90 Å². The maximum atomic E-state index is 12.9. The van der Waals surface area contributed by atoms with Crippen molar-refractivity contribution in [1.29, 1.82) is 0 Å². The van der Waals surface area contributed by atoms with Gasteiger partial charge in [-0.25, -0.2) is 8.42 Å². The molecule has 0 bridgehead atoms. The van der Waals surface area contributed by atoms with Gasteiger partial charge in [0.15, 0.2) is 0 Å². The smallest absolute Gasteiger partial charge is 0.244 e. The van der Waals surface area contributed by atoms with E-state index >= 15 is 0 Å². The number of sulfonamides is 1. The van der Waals surface area contributed by atoms with E-state index in [2.05, 4.69) is 0 Å². The first-order valence-electron chi connectivity index (χ1n) is 7.79. The average molecular weight is 331 g/mol. The molecule has 1 aromatic rings. The molecule has 2 aliphatic rings. The fourth-order valence-electron chi connectivity index (χ4n) is 2.67. The number of hydrogen-bond donors (Lipinski definition) is 0. The topological polar surface area (TPSA) is 42.3 Å². The third-order valence-corrected chi connectivity index (χ3v) is 6.46. The summed E-state index contributed by atoms with van der Waals surface area (Å²) < 4.78 is 29.5. The van der Waals surface area contributed by atoms with Crippen molar-refractivity contribution in [2.75, 3.05) is 13.1 Å². The summed E-state index contributed by atoms with van der Waals surface area (Å²) in [6.45, 7) is 4.11. The van der Waals surface area contributed by atoms with Gasteiger partial charge < -0.3 is 4.57 Å². The molecular weight excluding hydrogens is 308 g/mol. The molecule has 2 fully saturated rings. The predicted octanol–water partition coefficient (Wildman–Crippen LogP) is 3.06. The van der Waals surface area contributed by atoms with Gasteiger partial charge in [0, 0.05) is 31.5 Å². The van der Waals surface area contributed by atoms with E-state index in [-0.39, 0.29) is 0 Å². The van der Waals surface area contributed by atoms with E-state index in [0.29, 0.717) is 35.7 Å². The number of aromatic nitrogens is 1. The quantitative estimate of drug-likeness (QED) is 0.687. The molecule has 0 atom stereocenters. The Hall–Kier alpha value is -0.520. The second-order valence-electron chi connectivity index (χ2n) is 6.30. The molecule has 0 N–H and O–H groups in total. The fraction of sp³-hybridized carbons (Fsp3) is 0.733. The van der Waals surface area contributed by atoms with Crippen molar-refractivity contribution in [2.45, 2.75) is 49.9 Å². The van der Waals surface area contributed by atoms with Crippen molar-refractivity contribution in [3.63, 3.8) is 0 Å². The van der Waals surface area contributed by atoms with Crippen molar-refractivity contribution in [3.8, 4) is 0 Å². The molecule has 6 heteroatoms. The lowest BCUT2D eigenvalue weighted by molar-refractivity contribution is 0.382. The van der Waals surface area contributed by atoms with E-state index < -0.39 is 10.0 Å². The molecule has 4 nitrogen and oxygen atoms in total. The summed E-state index contributed by atoms with van der Waals surface area (Å²) in [4.78, 5) is 0.404. The summed E-state index contributed by atoms with van der Waals surface area (Å²) in [5.74, 6) is 1.48. The van der Waals surface area contributed by atoms with Gasteiger partial charge in [-0.05, 0) is 50.5 Å². The third-order valence-electron chi connectivity index (χ3n) is 4.39. The Morgan fingerprint density at radius 1 is 1.24 bits per heavy atom. The highest BCUT2D eigenvalue weighted by molar-refractivity contribution is 7.89. The zero-order valence-electron chi connectivity index (χ0n) is 12.5. The van der Waals surface area contributed by atoms with Crippen LogP contribution in [0.25, 0.3) is 0 Å². The van der Waals surface area contributed by atoms with Crippen molar-refractivity contribution in [3.05, 3.63) is 18.0 Å². The first kappa shape index (κ1) is 15.4. The molecule has 3 rings (SSSR count). The molecule has 0 aromatic carbocycles. The highest BCUT2D eigenvalue weighted by atomic mass is 35.5. The van der Waals surface area contributed by atoms with Gasteiger partial charge in [0.05, 0.1) is 5.88 Å². The zero-order chi connectivity index (χ0) is 15.0. The van der Waals surface area contributed by atoms with Crippen molar-refractivity contribution in [1.82, 2.24) is 8.87 Å². The molecule has 2 saturated carbocycles.